The predicted octanol–water partition coefficient (Wildman–Crippen LogP) is 3.26. The summed E-state index contributed by atoms with van der Waals surface area (Å²) in [5, 5.41) is 7.49. The van der Waals surface area contributed by atoms with Crippen molar-refractivity contribution in [3.05, 3.63) is 23.9 Å². The van der Waals surface area contributed by atoms with Gasteiger partial charge in [0, 0.05) is 49.9 Å². The van der Waals surface area contributed by atoms with Crippen molar-refractivity contribution < 1.29 is 4.74 Å². The van der Waals surface area contributed by atoms with Crippen LogP contribution >= 0.6 is 0 Å². The van der Waals surface area contributed by atoms with Crippen LogP contribution in [-0.4, -0.2) is 55.4 Å². The van der Waals surface area contributed by atoms with Gasteiger partial charge in [0.25, 0.3) is 0 Å². The monoisotopic (exact) mass is 399 g/mol. The minimum absolute atomic E-state index is 0.354. The highest BCUT2D eigenvalue weighted by molar-refractivity contribution is 5.80. The Morgan fingerprint density at radius 1 is 1.24 bits per heavy atom. The Kier molecular flexibility index (Phi) is 6.28. The van der Waals surface area contributed by atoms with E-state index in [-0.39, 0.29) is 0 Å². The molecule has 2 unspecified atom stereocenters. The van der Waals surface area contributed by atoms with Crippen LogP contribution in [0.15, 0.2) is 23.3 Å². The van der Waals surface area contributed by atoms with Gasteiger partial charge in [0.2, 0.25) is 0 Å². The molecule has 1 aliphatic heterocycles. The van der Waals surface area contributed by atoms with E-state index in [2.05, 4.69) is 53.4 Å². The van der Waals surface area contributed by atoms with Crippen LogP contribution in [0.3, 0.4) is 0 Å². The number of rotatable bonds is 6. The van der Waals surface area contributed by atoms with Gasteiger partial charge in [-0.3, -0.25) is 4.99 Å². The van der Waals surface area contributed by atoms with E-state index >= 15 is 0 Å². The van der Waals surface area contributed by atoms with Crippen LogP contribution in [0.5, 0.6) is 0 Å². The van der Waals surface area contributed by atoms with Crippen molar-refractivity contribution in [2.75, 3.05) is 31.1 Å². The number of piperidine rings is 1. The highest BCUT2D eigenvalue weighted by Crippen LogP contribution is 2.57. The lowest BCUT2D eigenvalue weighted by Crippen LogP contribution is -2.69. The zero-order valence-electron chi connectivity index (χ0n) is 18.3. The third-order valence-electron chi connectivity index (χ3n) is 7.12. The first-order chi connectivity index (χ1) is 14.1. The molecule has 0 aromatic carbocycles. The fraction of sp³-hybridized carbons (Fsp3) is 0.739. The molecule has 1 aromatic heterocycles. The number of aryl methyl sites for hydroxylation is 1. The summed E-state index contributed by atoms with van der Waals surface area (Å²) in [6, 6.07) is 5.25. The highest BCUT2D eigenvalue weighted by atomic mass is 16.5. The van der Waals surface area contributed by atoms with E-state index in [1.54, 1.807) is 0 Å². The summed E-state index contributed by atoms with van der Waals surface area (Å²) in [6.07, 6.45) is 9.63. The minimum atomic E-state index is 0.354. The van der Waals surface area contributed by atoms with E-state index < -0.39 is 0 Å². The molecular weight excluding hydrogens is 362 g/mol. The molecule has 2 N–H and O–H groups in total. The molecule has 0 bridgehead atoms. The summed E-state index contributed by atoms with van der Waals surface area (Å²) in [5.41, 5.74) is 1.57. The van der Waals surface area contributed by atoms with Gasteiger partial charge in [-0.2, -0.15) is 0 Å². The number of hydrogen-bond donors (Lipinski definition) is 2. The third kappa shape index (κ3) is 4.23. The van der Waals surface area contributed by atoms with Gasteiger partial charge < -0.3 is 20.3 Å². The van der Waals surface area contributed by atoms with Crippen molar-refractivity contribution in [3.8, 4) is 0 Å². The van der Waals surface area contributed by atoms with Crippen molar-refractivity contribution in [1.29, 1.82) is 0 Å². The third-order valence-corrected chi connectivity index (χ3v) is 7.12. The maximum atomic E-state index is 6.01. The van der Waals surface area contributed by atoms with Crippen LogP contribution in [0.25, 0.3) is 0 Å². The molecule has 2 heterocycles. The number of aromatic nitrogens is 1. The van der Waals surface area contributed by atoms with Crippen LogP contribution in [0.2, 0.25) is 0 Å². The molecule has 0 radical (unpaired) electrons. The molecule has 2 atom stereocenters. The second kappa shape index (κ2) is 8.90. The molecule has 1 spiro atoms. The maximum absolute atomic E-state index is 6.01. The first-order valence-electron chi connectivity index (χ1n) is 11.5. The average molecular weight is 400 g/mol. The molecule has 0 amide bonds. The first-order valence-corrected chi connectivity index (χ1v) is 11.5. The fourth-order valence-electron chi connectivity index (χ4n) is 5.19. The Balaban J connectivity index is 1.29. The summed E-state index contributed by atoms with van der Waals surface area (Å²) in [7, 11) is 0. The Bertz CT molecular complexity index is 692. The molecule has 6 nitrogen and oxygen atoms in total. The first kappa shape index (κ1) is 20.5. The number of nitrogens with one attached hydrogen (secondary N) is 2. The van der Waals surface area contributed by atoms with Gasteiger partial charge in [-0.05, 0) is 64.5 Å². The molecule has 1 aromatic rings. The smallest absolute Gasteiger partial charge is 0.191 e. The molecule has 1 saturated heterocycles. The summed E-state index contributed by atoms with van der Waals surface area (Å²) >= 11 is 0. The Morgan fingerprint density at radius 2 is 2.03 bits per heavy atom. The summed E-state index contributed by atoms with van der Waals surface area (Å²) in [4.78, 5) is 11.7. The van der Waals surface area contributed by atoms with Gasteiger partial charge in [-0.15, -0.1) is 0 Å². The molecular formula is C23H37N5O. The van der Waals surface area contributed by atoms with E-state index in [0.29, 0.717) is 23.6 Å². The lowest BCUT2D eigenvalue weighted by molar-refractivity contribution is -0.168. The lowest BCUT2D eigenvalue weighted by atomic mass is 9.51. The summed E-state index contributed by atoms with van der Waals surface area (Å²) < 4.78 is 6.01. The van der Waals surface area contributed by atoms with Gasteiger partial charge in [0.05, 0.1) is 6.10 Å². The van der Waals surface area contributed by atoms with Gasteiger partial charge in [-0.25, -0.2) is 4.98 Å². The second-order valence-electron chi connectivity index (χ2n) is 8.89. The Hall–Kier alpha value is -1.82. The van der Waals surface area contributed by atoms with Crippen LogP contribution in [0.4, 0.5) is 5.82 Å². The zero-order chi connectivity index (χ0) is 20.3. The van der Waals surface area contributed by atoms with Crippen molar-refractivity contribution in [2.24, 2.45) is 10.4 Å². The standard InChI is InChI=1S/C23H37N5O/c1-4-24-22(27-19-15-20(29-5-2)23(19)11-6-12-23)26-18-9-13-28(14-10-18)21-8-7-17(3)16-25-21/h7-8,16,18-20H,4-6,9-15H2,1-3H3,(H2,24,26,27). The Morgan fingerprint density at radius 3 is 2.62 bits per heavy atom. The number of ether oxygens (including phenoxy) is 1. The molecule has 160 valence electrons. The maximum Gasteiger partial charge on any atom is 0.191 e. The normalized spacial score (nSPS) is 26.7. The van der Waals surface area contributed by atoms with Crippen LogP contribution in [0.1, 0.15) is 57.9 Å². The van der Waals surface area contributed by atoms with E-state index in [0.717, 1.165) is 57.3 Å². The number of guanidine groups is 1. The second-order valence-corrected chi connectivity index (χ2v) is 8.89. The van der Waals surface area contributed by atoms with Crippen LogP contribution < -0.4 is 15.5 Å². The van der Waals surface area contributed by atoms with E-state index in [4.69, 9.17) is 9.73 Å². The predicted molar refractivity (Wildman–Crippen MR) is 119 cm³/mol. The zero-order valence-corrected chi connectivity index (χ0v) is 18.3. The van der Waals surface area contributed by atoms with E-state index in [1.807, 2.05) is 6.20 Å². The minimum Gasteiger partial charge on any atom is -0.378 e. The summed E-state index contributed by atoms with van der Waals surface area (Å²) in [6.45, 7) is 9.99. The number of hydrogen-bond acceptors (Lipinski definition) is 4. The molecule has 6 heteroatoms. The number of nitrogens with zero attached hydrogens (tertiary/aromatic N) is 3. The SMILES string of the molecule is CCN=C(NC1CCN(c2ccc(C)cn2)CC1)NC1CC(OCC)C12CCC2. The highest BCUT2D eigenvalue weighted by Gasteiger charge is 2.59. The van der Waals surface area contributed by atoms with Crippen molar-refractivity contribution >= 4 is 11.8 Å². The van der Waals surface area contributed by atoms with Crippen molar-refractivity contribution in [1.82, 2.24) is 15.6 Å². The fourth-order valence-corrected chi connectivity index (χ4v) is 5.19. The molecule has 4 rings (SSSR count). The Labute approximate surface area is 175 Å². The number of aliphatic imine (C=N–C) groups is 1. The van der Waals surface area contributed by atoms with Crippen molar-refractivity contribution in [2.45, 2.75) is 77.5 Å². The molecule has 3 aliphatic rings. The van der Waals surface area contributed by atoms with E-state index in [9.17, 15) is 0 Å². The van der Waals surface area contributed by atoms with Gasteiger partial charge >= 0.3 is 0 Å². The van der Waals surface area contributed by atoms with Crippen LogP contribution in [-0.2, 0) is 4.74 Å². The topological polar surface area (TPSA) is 61.8 Å². The largest absolute Gasteiger partial charge is 0.378 e. The molecule has 3 fully saturated rings. The van der Waals surface area contributed by atoms with E-state index in [1.165, 1.54) is 24.8 Å². The van der Waals surface area contributed by atoms with Crippen LogP contribution in [0, 0.1) is 12.3 Å². The van der Waals surface area contributed by atoms with Crippen molar-refractivity contribution in [3.63, 3.8) is 0 Å². The van der Waals surface area contributed by atoms with Gasteiger partial charge in [0.15, 0.2) is 5.96 Å². The molecule has 2 aliphatic carbocycles. The van der Waals surface area contributed by atoms with Gasteiger partial charge in [-0.1, -0.05) is 12.5 Å². The average Bonchev–Trinajstić information content (AvgIpc) is 2.67. The quantitative estimate of drug-likeness (QED) is 0.568. The summed E-state index contributed by atoms with van der Waals surface area (Å²) in [5.74, 6) is 2.09. The molecule has 2 saturated carbocycles. The van der Waals surface area contributed by atoms with Gasteiger partial charge in [0.1, 0.15) is 5.82 Å². The molecule has 29 heavy (non-hydrogen) atoms. The number of pyridine rings is 1. The lowest BCUT2D eigenvalue weighted by Gasteiger charge is -2.61. The number of anilines is 1.